The van der Waals surface area contributed by atoms with Crippen molar-refractivity contribution in [2.75, 3.05) is 0 Å². The van der Waals surface area contributed by atoms with E-state index < -0.39 is 69.2 Å². The van der Waals surface area contributed by atoms with Gasteiger partial charge < -0.3 is 29.3 Å². The number of rotatable bonds is 4. The molecule has 46 heavy (non-hydrogen) atoms. The molecule has 20 nitrogen and oxygen atoms in total. The summed E-state index contributed by atoms with van der Waals surface area (Å²) in [5.41, 5.74) is -6.14. The van der Waals surface area contributed by atoms with Gasteiger partial charge in [-0.15, -0.1) is 0 Å². The zero-order chi connectivity index (χ0) is 34.0. The molecular formula is C26H14N6O14. The lowest BCUT2D eigenvalue weighted by Crippen LogP contribution is -2.21. The molecule has 0 saturated carbocycles. The molecule has 0 aliphatic carbocycles. The zero-order valence-corrected chi connectivity index (χ0v) is 22.9. The van der Waals surface area contributed by atoms with Gasteiger partial charge in [0.1, 0.15) is 0 Å². The first-order valence-corrected chi connectivity index (χ1v) is 12.1. The third-order valence-corrected chi connectivity index (χ3v) is 5.73. The molecule has 0 aliphatic rings. The van der Waals surface area contributed by atoms with Crippen molar-refractivity contribution in [3.8, 4) is 0 Å². The highest BCUT2D eigenvalue weighted by Gasteiger charge is 2.28. The van der Waals surface area contributed by atoms with E-state index in [2.05, 4.69) is 38.7 Å². The normalized spacial score (nSPS) is 10.6. The summed E-state index contributed by atoms with van der Waals surface area (Å²) >= 11 is 0. The molecular weight excluding hydrogens is 620 g/mol. The van der Waals surface area contributed by atoms with Crippen LogP contribution in [-0.4, -0.2) is 74.2 Å². The Morgan fingerprint density at radius 1 is 0.478 bits per heavy atom. The third kappa shape index (κ3) is 6.15. The second-order valence-electron chi connectivity index (χ2n) is 8.69. The van der Waals surface area contributed by atoms with Gasteiger partial charge in [0.15, 0.2) is 44.8 Å². The van der Waals surface area contributed by atoms with E-state index in [4.69, 9.17) is 20.4 Å². The molecule has 0 aliphatic heterocycles. The number of carboxylic acid groups (broad SMARTS) is 4. The number of para-hydroxylation sites is 2. The standard InChI is InChI=1S/C10H10N2.C8H4N2O8.C8N2O6/c1-7-8(2)12-10-6-4-3-5-9(10)11-7;11-5(12)1-2(6(13)14)10-4(8(17)18)3(9-1)7(15)16;11-5-1-2(6(12)15-5)10-4-3(9-1)7(13)16-8(4)14/h3-6H,1-2H3;(H,11,12)(H,13,14)(H,15,16)(H,17,18);. The van der Waals surface area contributed by atoms with Crippen LogP contribution >= 0.6 is 0 Å². The lowest BCUT2D eigenvalue weighted by atomic mass is 10.2. The smallest absolute Gasteiger partial charge is 0.367 e. The highest BCUT2D eigenvalue weighted by atomic mass is 16.4. The largest absolute Gasteiger partial charge is 0.476 e. The number of hydrogen-bond acceptors (Lipinski definition) is 16. The molecule has 0 bridgehead atoms. The molecule has 0 spiro atoms. The maximum atomic E-state index is 11.1. The average molecular weight is 634 g/mol. The van der Waals surface area contributed by atoms with Gasteiger partial charge in [-0.25, -0.2) is 68.3 Å². The van der Waals surface area contributed by atoms with Gasteiger partial charge in [0.05, 0.1) is 22.4 Å². The molecule has 1 aromatic carbocycles. The molecule has 6 rings (SSSR count). The highest BCUT2D eigenvalue weighted by Crippen LogP contribution is 2.12. The van der Waals surface area contributed by atoms with Crippen molar-refractivity contribution in [1.29, 1.82) is 0 Å². The Bertz CT molecular complexity index is 2170. The number of aromatic nitrogens is 6. The number of furan rings is 2. The fourth-order valence-electron chi connectivity index (χ4n) is 3.57. The highest BCUT2D eigenvalue weighted by molar-refractivity contribution is 6.04. The number of fused-ring (bicyclic) bond motifs is 3. The van der Waals surface area contributed by atoms with E-state index >= 15 is 0 Å². The monoisotopic (exact) mass is 634 g/mol. The van der Waals surface area contributed by atoms with Crippen LogP contribution in [0.3, 0.4) is 0 Å². The maximum absolute atomic E-state index is 11.1. The first-order valence-electron chi connectivity index (χ1n) is 12.1. The Kier molecular flexibility index (Phi) is 8.46. The Morgan fingerprint density at radius 3 is 0.978 bits per heavy atom. The number of aryl methyl sites for hydroxylation is 2. The Balaban J connectivity index is 0.000000159. The number of nitrogens with zero attached hydrogens (tertiary/aromatic N) is 6. The van der Waals surface area contributed by atoms with E-state index in [1.165, 1.54) is 0 Å². The quantitative estimate of drug-likeness (QED) is 0.195. The fraction of sp³-hybridized carbons (Fsp3) is 0.0769. The van der Waals surface area contributed by atoms with E-state index in [1.807, 2.05) is 38.1 Å². The number of hydrogen-bond donors (Lipinski definition) is 4. The topological polar surface area (TPSA) is 321 Å². The van der Waals surface area contributed by atoms with Gasteiger partial charge in [-0.05, 0) is 26.0 Å². The summed E-state index contributed by atoms with van der Waals surface area (Å²) in [6, 6.07) is 7.92. The van der Waals surface area contributed by atoms with Crippen molar-refractivity contribution in [2.24, 2.45) is 0 Å². The molecule has 0 radical (unpaired) electrons. The van der Waals surface area contributed by atoms with Gasteiger partial charge in [0.2, 0.25) is 0 Å². The molecule has 5 heterocycles. The van der Waals surface area contributed by atoms with Gasteiger partial charge in [0, 0.05) is 0 Å². The first kappa shape index (κ1) is 31.8. The van der Waals surface area contributed by atoms with E-state index in [-0.39, 0.29) is 22.1 Å². The molecule has 4 N–H and O–H groups in total. The molecule has 0 fully saturated rings. The summed E-state index contributed by atoms with van der Waals surface area (Å²) in [5.74, 6) is -7.34. The zero-order valence-electron chi connectivity index (χ0n) is 22.9. The van der Waals surface area contributed by atoms with Gasteiger partial charge >= 0.3 is 46.4 Å². The molecule has 232 valence electrons. The average Bonchev–Trinajstić information content (AvgIpc) is 3.44. The fourth-order valence-corrected chi connectivity index (χ4v) is 3.57. The molecule has 0 amide bonds. The predicted octanol–water partition coefficient (Wildman–Crippen LogP) is -0.199. The van der Waals surface area contributed by atoms with E-state index in [1.54, 1.807) is 0 Å². The number of carbonyl (C=O) groups is 4. The number of carboxylic acids is 4. The van der Waals surface area contributed by atoms with Crippen molar-refractivity contribution in [1.82, 2.24) is 29.9 Å². The van der Waals surface area contributed by atoms with Crippen LogP contribution in [0.15, 0.2) is 52.3 Å². The lowest BCUT2D eigenvalue weighted by Gasteiger charge is -2.04. The van der Waals surface area contributed by atoms with Crippen LogP contribution in [0.2, 0.25) is 0 Å². The molecule has 0 unspecified atom stereocenters. The maximum Gasteiger partial charge on any atom is 0.367 e. The second-order valence-corrected chi connectivity index (χ2v) is 8.69. The summed E-state index contributed by atoms with van der Waals surface area (Å²) < 4.78 is 8.43. The van der Waals surface area contributed by atoms with Crippen LogP contribution < -0.4 is 22.5 Å². The van der Waals surface area contributed by atoms with Crippen LogP contribution in [0, 0.1) is 13.8 Å². The molecule has 5 aromatic heterocycles. The SMILES string of the molecule is Cc1nc2ccccc2nc1C.O=C(O)c1nc(C(=O)O)c(C(=O)O)nc1C(=O)O.O=c1oc(=O)c2nc3c(=O)oc(=O)c3nc12. The van der Waals surface area contributed by atoms with Crippen molar-refractivity contribution in [3.05, 3.63) is 100 Å². The van der Waals surface area contributed by atoms with Gasteiger partial charge in [-0.3, -0.25) is 0 Å². The van der Waals surface area contributed by atoms with Crippen LogP contribution in [0.5, 0.6) is 0 Å². The summed E-state index contributed by atoms with van der Waals surface area (Å²) in [5, 5.41) is 34.6. The van der Waals surface area contributed by atoms with E-state index in [9.17, 15) is 38.4 Å². The lowest BCUT2D eigenvalue weighted by molar-refractivity contribution is 0.0615. The summed E-state index contributed by atoms with van der Waals surface area (Å²) in [6.45, 7) is 3.96. The minimum Gasteiger partial charge on any atom is -0.476 e. The third-order valence-electron chi connectivity index (χ3n) is 5.73. The van der Waals surface area contributed by atoms with Crippen LogP contribution in [0.25, 0.3) is 33.1 Å². The molecule has 6 aromatic rings. The molecule has 20 heteroatoms. The van der Waals surface area contributed by atoms with E-state index in [0.717, 1.165) is 22.4 Å². The van der Waals surface area contributed by atoms with Gasteiger partial charge in [-0.2, -0.15) is 0 Å². The van der Waals surface area contributed by atoms with E-state index in [0.29, 0.717) is 0 Å². The van der Waals surface area contributed by atoms with Crippen LogP contribution in [-0.2, 0) is 0 Å². The summed E-state index contributed by atoms with van der Waals surface area (Å²) in [6.07, 6.45) is 0. The Hall–Kier alpha value is -7.12. The van der Waals surface area contributed by atoms with Crippen molar-refractivity contribution in [2.45, 2.75) is 13.8 Å². The van der Waals surface area contributed by atoms with Gasteiger partial charge in [-0.1, -0.05) is 12.1 Å². The van der Waals surface area contributed by atoms with Crippen molar-refractivity contribution >= 4 is 57.0 Å². The van der Waals surface area contributed by atoms with Crippen LogP contribution in [0.4, 0.5) is 0 Å². The van der Waals surface area contributed by atoms with Crippen molar-refractivity contribution < 1.29 is 48.4 Å². The first-order chi connectivity index (χ1) is 21.6. The Morgan fingerprint density at radius 2 is 0.739 bits per heavy atom. The summed E-state index contributed by atoms with van der Waals surface area (Å²) in [7, 11) is 0. The number of aromatic carboxylic acids is 4. The summed E-state index contributed by atoms with van der Waals surface area (Å²) in [4.78, 5) is 109. The van der Waals surface area contributed by atoms with Crippen molar-refractivity contribution in [3.63, 3.8) is 0 Å². The minimum atomic E-state index is -1.83. The molecule has 0 atom stereocenters. The molecule has 0 saturated heterocycles. The number of benzene rings is 1. The van der Waals surface area contributed by atoms with Crippen LogP contribution in [0.1, 0.15) is 53.3 Å². The predicted molar refractivity (Wildman–Crippen MR) is 148 cm³/mol. The Labute approximate surface area is 249 Å². The minimum absolute atomic E-state index is 0.379. The second kappa shape index (κ2) is 12.2. The van der Waals surface area contributed by atoms with Gasteiger partial charge in [0.25, 0.3) is 0 Å².